The zero-order chi connectivity index (χ0) is 24.5. The van der Waals surface area contributed by atoms with Crippen LogP contribution in [-0.4, -0.2) is 29.8 Å². The Morgan fingerprint density at radius 2 is 1.62 bits per heavy atom. The van der Waals surface area contributed by atoms with Gasteiger partial charge >= 0.3 is 0 Å². The molecule has 9 atom stereocenters. The molecular weight excluding hydrogens is 430 g/mol. The van der Waals surface area contributed by atoms with Gasteiger partial charge in [-0.3, -0.25) is 0 Å². The first kappa shape index (κ1) is 26.3. The summed E-state index contributed by atoms with van der Waals surface area (Å²) in [6.07, 6.45) is 17.4. The van der Waals surface area contributed by atoms with Crippen LogP contribution in [0.2, 0.25) is 0 Å². The van der Waals surface area contributed by atoms with E-state index in [4.69, 9.17) is 12.6 Å². The van der Waals surface area contributed by atoms with Gasteiger partial charge in [0.25, 0.3) is 0 Å². The predicted molar refractivity (Wildman–Crippen MR) is 152 cm³/mol. The Hall–Kier alpha value is -0.730. The second-order valence-corrected chi connectivity index (χ2v) is 14.1. The fourth-order valence-electron chi connectivity index (χ4n) is 9.03. The van der Waals surface area contributed by atoms with Crippen molar-refractivity contribution >= 4 is 18.7 Å². The van der Waals surface area contributed by atoms with E-state index in [2.05, 4.69) is 58.0 Å². The molecule has 6 unspecified atom stereocenters. The smallest absolute Gasteiger partial charge is 0.0104 e. The van der Waals surface area contributed by atoms with Gasteiger partial charge in [-0.1, -0.05) is 56.3 Å². The van der Waals surface area contributed by atoms with E-state index in [1.54, 1.807) is 0 Å². The van der Waals surface area contributed by atoms with Gasteiger partial charge in [0.15, 0.2) is 0 Å². The largest absolute Gasteiger partial charge is 0.306 e. The minimum absolute atomic E-state index is 0.316. The van der Waals surface area contributed by atoms with Crippen molar-refractivity contribution in [1.82, 2.24) is 4.90 Å². The number of rotatable bonds is 3. The summed E-state index contributed by atoms with van der Waals surface area (Å²) in [5, 5.41) is 0. The topological polar surface area (TPSA) is 3.24 Å². The van der Waals surface area contributed by atoms with Crippen LogP contribution in [0.25, 0.3) is 6.08 Å². The Balaban J connectivity index is 0.000000257. The lowest BCUT2D eigenvalue weighted by molar-refractivity contribution is -0.0723. The minimum atomic E-state index is 0.316. The molecule has 0 heterocycles. The molecule has 0 saturated heterocycles. The average molecular weight is 482 g/mol. The van der Waals surface area contributed by atoms with Gasteiger partial charge in [-0.15, -0.1) is 0 Å². The van der Waals surface area contributed by atoms with Crippen molar-refractivity contribution in [3.8, 4) is 0 Å². The van der Waals surface area contributed by atoms with E-state index in [1.807, 2.05) is 31.2 Å². The maximum Gasteiger partial charge on any atom is 0.0104 e. The lowest BCUT2D eigenvalue weighted by Gasteiger charge is -2.57. The van der Waals surface area contributed by atoms with Crippen LogP contribution in [0.15, 0.2) is 36.4 Å². The molecule has 4 aliphatic rings. The molecule has 0 radical (unpaired) electrons. The first-order valence-corrected chi connectivity index (χ1v) is 14.7. The van der Waals surface area contributed by atoms with Crippen LogP contribution in [0.4, 0.5) is 0 Å². The molecule has 2 heteroatoms. The summed E-state index contributed by atoms with van der Waals surface area (Å²) in [6, 6.07) is 11.0. The highest BCUT2D eigenvalue weighted by atomic mass is 32.1. The molecule has 0 N–H and O–H groups in total. The van der Waals surface area contributed by atoms with Gasteiger partial charge < -0.3 is 4.90 Å². The molecule has 5 rings (SSSR count). The Labute approximate surface area is 216 Å². The SMILES string of the molecule is C/C=C/c1ccccc1.C[C@@H](C1CCC2C3CCC4C[C@](C)(S)CCC4[C@H]3CCC21C)N(C)C. The molecule has 0 aliphatic heterocycles. The summed E-state index contributed by atoms with van der Waals surface area (Å²) in [5.41, 5.74) is 1.88. The van der Waals surface area contributed by atoms with Crippen molar-refractivity contribution in [2.45, 2.75) is 96.3 Å². The summed E-state index contributed by atoms with van der Waals surface area (Å²) in [5.74, 6) is 6.05. The lowest BCUT2D eigenvalue weighted by atomic mass is 9.49. The van der Waals surface area contributed by atoms with E-state index in [9.17, 15) is 0 Å². The minimum Gasteiger partial charge on any atom is -0.306 e. The monoisotopic (exact) mass is 481 g/mol. The van der Waals surface area contributed by atoms with Gasteiger partial charge in [-0.05, 0) is 132 Å². The first-order chi connectivity index (χ1) is 16.2. The van der Waals surface area contributed by atoms with Crippen LogP contribution in [0.1, 0.15) is 91.0 Å². The van der Waals surface area contributed by atoms with Crippen molar-refractivity contribution in [2.24, 2.45) is 40.9 Å². The molecular formula is C32H51NS. The van der Waals surface area contributed by atoms with Crippen LogP contribution in [-0.2, 0) is 0 Å². The highest BCUT2D eigenvalue weighted by molar-refractivity contribution is 7.81. The van der Waals surface area contributed by atoms with Crippen molar-refractivity contribution in [1.29, 1.82) is 0 Å². The molecule has 0 spiro atoms. The maximum atomic E-state index is 4.98. The summed E-state index contributed by atoms with van der Waals surface area (Å²) < 4.78 is 0.316. The van der Waals surface area contributed by atoms with Crippen molar-refractivity contribution in [3.63, 3.8) is 0 Å². The quantitative estimate of drug-likeness (QED) is 0.423. The van der Waals surface area contributed by atoms with Crippen LogP contribution in [0.5, 0.6) is 0 Å². The molecule has 1 aromatic rings. The molecule has 34 heavy (non-hydrogen) atoms. The lowest BCUT2D eigenvalue weighted by Crippen LogP contribution is -2.51. The predicted octanol–water partition coefficient (Wildman–Crippen LogP) is 8.61. The summed E-state index contributed by atoms with van der Waals surface area (Å²) >= 11 is 4.98. The Kier molecular flexibility index (Phi) is 8.30. The third kappa shape index (κ3) is 5.34. The molecule has 190 valence electrons. The maximum absolute atomic E-state index is 4.98. The second-order valence-electron chi connectivity index (χ2n) is 13.0. The third-order valence-electron chi connectivity index (χ3n) is 10.9. The first-order valence-electron chi connectivity index (χ1n) is 14.2. The van der Waals surface area contributed by atoms with Gasteiger partial charge in [0.1, 0.15) is 0 Å². The number of fused-ring (bicyclic) bond motifs is 5. The number of hydrogen-bond donors (Lipinski definition) is 1. The molecule has 0 amide bonds. The standard InChI is InChI=1S/C23H41NS.C9H10/c1-15(24(4)5)20-8-9-21-19-7-6-16-14-22(2,25)12-10-17(16)18(19)11-13-23(20,21)3;1-2-6-9-7-4-3-5-8-9/h15-21,25H,6-14H2,1-5H3;2-8H,1H3/b;6-2+/t15-,16?,17?,18+,19?,20?,21?,22+,23?;/m0./s1. The van der Waals surface area contributed by atoms with Gasteiger partial charge in [-0.25, -0.2) is 0 Å². The van der Waals surface area contributed by atoms with E-state index >= 15 is 0 Å². The highest BCUT2D eigenvalue weighted by Gasteiger charge is 2.58. The number of allylic oxidation sites excluding steroid dienone is 1. The van der Waals surface area contributed by atoms with Crippen LogP contribution >= 0.6 is 12.6 Å². The van der Waals surface area contributed by atoms with E-state index in [0.717, 1.165) is 41.5 Å². The highest BCUT2D eigenvalue weighted by Crippen LogP contribution is 2.65. The molecule has 0 bridgehead atoms. The second kappa shape index (κ2) is 10.7. The fourth-order valence-corrected chi connectivity index (χ4v) is 9.39. The Morgan fingerprint density at radius 3 is 2.29 bits per heavy atom. The van der Waals surface area contributed by atoms with Crippen molar-refractivity contribution in [2.75, 3.05) is 14.1 Å². The summed E-state index contributed by atoms with van der Waals surface area (Å²) in [4.78, 5) is 2.48. The number of thiol groups is 1. The number of nitrogens with zero attached hydrogens (tertiary/aromatic N) is 1. The van der Waals surface area contributed by atoms with Gasteiger partial charge in [0.2, 0.25) is 0 Å². The van der Waals surface area contributed by atoms with E-state index in [-0.39, 0.29) is 0 Å². The number of hydrogen-bond acceptors (Lipinski definition) is 2. The molecule has 0 aromatic heterocycles. The van der Waals surface area contributed by atoms with Crippen molar-refractivity contribution in [3.05, 3.63) is 42.0 Å². The average Bonchev–Trinajstić information content (AvgIpc) is 3.16. The zero-order valence-electron chi connectivity index (χ0n) is 22.8. The fraction of sp³-hybridized carbons (Fsp3) is 0.750. The molecule has 1 nitrogen and oxygen atoms in total. The van der Waals surface area contributed by atoms with Gasteiger partial charge in [0.05, 0.1) is 0 Å². The van der Waals surface area contributed by atoms with Crippen LogP contribution in [0.3, 0.4) is 0 Å². The Bertz CT molecular complexity index is 814. The summed E-state index contributed by atoms with van der Waals surface area (Å²) in [6.45, 7) is 9.58. The molecule has 1 aromatic carbocycles. The molecule has 4 aliphatic carbocycles. The van der Waals surface area contributed by atoms with Gasteiger partial charge in [0, 0.05) is 10.8 Å². The van der Waals surface area contributed by atoms with Crippen LogP contribution < -0.4 is 0 Å². The van der Waals surface area contributed by atoms with E-state index in [1.165, 1.54) is 63.4 Å². The molecule has 4 fully saturated rings. The molecule has 4 saturated carbocycles. The van der Waals surface area contributed by atoms with E-state index in [0.29, 0.717) is 10.2 Å². The Morgan fingerprint density at radius 1 is 0.912 bits per heavy atom. The normalized spacial score (nSPS) is 42.4. The third-order valence-corrected chi connectivity index (χ3v) is 11.3. The summed E-state index contributed by atoms with van der Waals surface area (Å²) in [7, 11) is 4.57. The van der Waals surface area contributed by atoms with Gasteiger partial charge in [-0.2, -0.15) is 12.6 Å². The van der Waals surface area contributed by atoms with Crippen LogP contribution in [0, 0.1) is 40.9 Å². The van der Waals surface area contributed by atoms with E-state index < -0.39 is 0 Å². The zero-order valence-corrected chi connectivity index (χ0v) is 23.7. The number of benzene rings is 1. The van der Waals surface area contributed by atoms with Crippen molar-refractivity contribution < 1.29 is 0 Å².